The molecular formula is C13H14F3N3OS. The van der Waals surface area contributed by atoms with Gasteiger partial charge in [-0.2, -0.15) is 13.2 Å². The van der Waals surface area contributed by atoms with Crippen molar-refractivity contribution >= 4 is 28.8 Å². The Morgan fingerprint density at radius 1 is 1.48 bits per heavy atom. The van der Waals surface area contributed by atoms with Gasteiger partial charge in [-0.1, -0.05) is 12.2 Å². The Kier molecular flexibility index (Phi) is 4.08. The number of likely N-dealkylation sites (N-methyl/N-ethyl adjacent to an activating group) is 1. The van der Waals surface area contributed by atoms with Gasteiger partial charge in [0.05, 0.1) is 5.56 Å². The average molecular weight is 317 g/mol. The molecule has 3 N–H and O–H groups in total. The Hall–Kier alpha value is -1.83. The van der Waals surface area contributed by atoms with Crippen LogP contribution in [0, 0.1) is 0 Å². The highest BCUT2D eigenvalue weighted by Gasteiger charge is 2.34. The molecule has 4 nitrogen and oxygen atoms in total. The van der Waals surface area contributed by atoms with Crippen LogP contribution < -0.4 is 11.1 Å². The number of alkyl halides is 3. The summed E-state index contributed by atoms with van der Waals surface area (Å²) in [7, 11) is 1.68. The van der Waals surface area contributed by atoms with Crippen LogP contribution in [0.1, 0.15) is 17.5 Å². The second kappa shape index (κ2) is 5.51. The first kappa shape index (κ1) is 15.6. The highest BCUT2D eigenvalue weighted by atomic mass is 32.1. The van der Waals surface area contributed by atoms with Crippen LogP contribution in [0.3, 0.4) is 0 Å². The van der Waals surface area contributed by atoms with Crippen molar-refractivity contribution in [3.05, 3.63) is 29.3 Å². The molecule has 0 aliphatic carbocycles. The minimum atomic E-state index is -4.53. The topological polar surface area (TPSA) is 58.4 Å². The number of anilines is 1. The van der Waals surface area contributed by atoms with E-state index in [0.29, 0.717) is 18.7 Å². The number of carbonyl (C=O) groups is 1. The molecule has 1 heterocycles. The highest BCUT2D eigenvalue weighted by Crippen LogP contribution is 2.33. The number of halogens is 3. The molecule has 0 saturated carbocycles. The number of thiocarbonyl (C=S) groups is 1. The van der Waals surface area contributed by atoms with Gasteiger partial charge in [0, 0.05) is 24.8 Å². The van der Waals surface area contributed by atoms with E-state index >= 15 is 0 Å². The largest absolute Gasteiger partial charge is 0.417 e. The summed E-state index contributed by atoms with van der Waals surface area (Å²) < 4.78 is 38.6. The zero-order valence-corrected chi connectivity index (χ0v) is 12.0. The predicted octanol–water partition coefficient (Wildman–Crippen LogP) is 1.98. The van der Waals surface area contributed by atoms with Gasteiger partial charge >= 0.3 is 6.18 Å². The van der Waals surface area contributed by atoms with Crippen LogP contribution in [0.4, 0.5) is 18.9 Å². The summed E-state index contributed by atoms with van der Waals surface area (Å²) in [6.07, 6.45) is -3.93. The molecule has 1 aromatic carbocycles. The van der Waals surface area contributed by atoms with Gasteiger partial charge in [0.2, 0.25) is 5.91 Å². The molecule has 1 atom stereocenters. The zero-order chi connectivity index (χ0) is 15.8. The van der Waals surface area contributed by atoms with E-state index in [-0.39, 0.29) is 16.5 Å². The number of likely N-dealkylation sites (tertiary alicyclic amines) is 1. The molecule has 1 saturated heterocycles. The second-order valence-corrected chi connectivity index (χ2v) is 5.31. The summed E-state index contributed by atoms with van der Waals surface area (Å²) >= 11 is 4.68. The lowest BCUT2D eigenvalue weighted by Crippen LogP contribution is -2.31. The first-order valence-electron chi connectivity index (χ1n) is 6.22. The molecule has 21 heavy (non-hydrogen) atoms. The number of carbonyl (C=O) groups excluding carboxylic acids is 1. The van der Waals surface area contributed by atoms with Crippen LogP contribution in [0.15, 0.2) is 18.2 Å². The van der Waals surface area contributed by atoms with E-state index in [0.717, 1.165) is 6.07 Å². The van der Waals surface area contributed by atoms with Crippen molar-refractivity contribution in [2.75, 3.05) is 18.9 Å². The summed E-state index contributed by atoms with van der Waals surface area (Å²) in [5.74, 6) is -0.0910. The van der Waals surface area contributed by atoms with E-state index in [1.165, 1.54) is 12.1 Å². The van der Waals surface area contributed by atoms with Crippen molar-refractivity contribution in [2.45, 2.75) is 18.6 Å². The van der Waals surface area contributed by atoms with E-state index in [1.807, 2.05) is 0 Å². The quantitative estimate of drug-likeness (QED) is 0.837. The molecule has 114 valence electrons. The predicted molar refractivity (Wildman–Crippen MR) is 77.0 cm³/mol. The van der Waals surface area contributed by atoms with E-state index in [1.54, 1.807) is 11.9 Å². The van der Waals surface area contributed by atoms with Crippen LogP contribution >= 0.6 is 12.2 Å². The van der Waals surface area contributed by atoms with Crippen LogP contribution in [-0.2, 0) is 11.0 Å². The minimum absolute atomic E-state index is 0.0910. The molecule has 8 heteroatoms. The van der Waals surface area contributed by atoms with Crippen molar-refractivity contribution in [1.82, 2.24) is 4.90 Å². The van der Waals surface area contributed by atoms with Gasteiger partial charge in [-0.15, -0.1) is 0 Å². The summed E-state index contributed by atoms with van der Waals surface area (Å²) in [6, 6.07) is 2.98. The molecule has 1 aliphatic heterocycles. The molecule has 0 spiro atoms. The van der Waals surface area contributed by atoms with Crippen molar-refractivity contribution in [3.63, 3.8) is 0 Å². The minimum Gasteiger partial charge on any atom is -0.389 e. The van der Waals surface area contributed by atoms with Gasteiger partial charge in [0.25, 0.3) is 0 Å². The summed E-state index contributed by atoms with van der Waals surface area (Å²) in [5.41, 5.74) is 4.63. The van der Waals surface area contributed by atoms with Gasteiger partial charge in [-0.3, -0.25) is 4.79 Å². The number of benzene rings is 1. The van der Waals surface area contributed by atoms with Crippen molar-refractivity contribution in [2.24, 2.45) is 5.73 Å². The summed E-state index contributed by atoms with van der Waals surface area (Å²) in [4.78, 5) is 13.0. The zero-order valence-electron chi connectivity index (χ0n) is 11.2. The van der Waals surface area contributed by atoms with Gasteiger partial charge in [-0.05, 0) is 24.6 Å². The Morgan fingerprint density at radius 2 is 2.14 bits per heavy atom. The van der Waals surface area contributed by atoms with Gasteiger partial charge in [0.1, 0.15) is 11.0 Å². The number of hydrogen-bond acceptors (Lipinski definition) is 3. The number of amides is 1. The van der Waals surface area contributed by atoms with E-state index < -0.39 is 17.8 Å². The van der Waals surface area contributed by atoms with Gasteiger partial charge in [-0.25, -0.2) is 0 Å². The number of nitrogens with one attached hydrogen (secondary N) is 1. The molecule has 0 radical (unpaired) electrons. The van der Waals surface area contributed by atoms with Crippen molar-refractivity contribution < 1.29 is 18.0 Å². The molecule has 0 aromatic heterocycles. The third-order valence-electron chi connectivity index (χ3n) is 3.36. The maximum atomic E-state index is 12.9. The molecule has 1 aliphatic rings. The maximum Gasteiger partial charge on any atom is 0.417 e. The fourth-order valence-corrected chi connectivity index (χ4v) is 2.41. The van der Waals surface area contributed by atoms with Gasteiger partial charge < -0.3 is 16.0 Å². The van der Waals surface area contributed by atoms with Crippen molar-refractivity contribution in [1.29, 1.82) is 0 Å². The Morgan fingerprint density at radius 3 is 2.62 bits per heavy atom. The molecule has 1 fully saturated rings. The monoisotopic (exact) mass is 317 g/mol. The van der Waals surface area contributed by atoms with Gasteiger partial charge in [0.15, 0.2) is 0 Å². The lowest BCUT2D eigenvalue weighted by molar-refractivity contribution is -0.137. The van der Waals surface area contributed by atoms with Crippen LogP contribution in [0.2, 0.25) is 0 Å². The Balaban J connectivity index is 2.29. The lowest BCUT2D eigenvalue weighted by Gasteiger charge is -2.17. The Labute approximate surface area is 125 Å². The standard InChI is InChI=1S/C13H14F3N3OS/c1-19-5-4-10(12(19)20)18-7-2-3-9(13(14,15)16)8(6-7)11(17)21/h2-3,6,10,18H,4-5H2,1H3,(H2,17,21). The second-order valence-electron chi connectivity index (χ2n) is 4.87. The highest BCUT2D eigenvalue weighted by molar-refractivity contribution is 7.80. The maximum absolute atomic E-state index is 12.9. The third-order valence-corrected chi connectivity index (χ3v) is 3.58. The average Bonchev–Trinajstić information content (AvgIpc) is 2.69. The van der Waals surface area contributed by atoms with Crippen LogP contribution in [0.25, 0.3) is 0 Å². The lowest BCUT2D eigenvalue weighted by atomic mass is 10.1. The van der Waals surface area contributed by atoms with Crippen LogP contribution in [-0.4, -0.2) is 35.4 Å². The number of rotatable bonds is 3. The number of hydrogen-bond donors (Lipinski definition) is 2. The third kappa shape index (κ3) is 3.26. The first-order valence-corrected chi connectivity index (χ1v) is 6.63. The summed E-state index contributed by atoms with van der Waals surface area (Å²) in [6.45, 7) is 0.610. The fraction of sp³-hybridized carbons (Fsp3) is 0.385. The van der Waals surface area contributed by atoms with E-state index in [9.17, 15) is 18.0 Å². The SMILES string of the molecule is CN1CCC(Nc2ccc(C(F)(F)F)c(C(N)=S)c2)C1=O. The number of nitrogens with two attached hydrogens (primary N) is 1. The molecule has 1 unspecified atom stereocenters. The Bertz CT molecular complexity index is 589. The van der Waals surface area contributed by atoms with Crippen molar-refractivity contribution in [3.8, 4) is 0 Å². The smallest absolute Gasteiger partial charge is 0.389 e. The normalized spacial score (nSPS) is 19.0. The van der Waals surface area contributed by atoms with E-state index in [2.05, 4.69) is 17.5 Å². The molecule has 2 rings (SSSR count). The first-order chi connectivity index (χ1) is 9.70. The number of nitrogens with zero attached hydrogens (tertiary/aromatic N) is 1. The fourth-order valence-electron chi connectivity index (χ4n) is 2.24. The molecule has 1 amide bonds. The summed E-state index contributed by atoms with van der Waals surface area (Å²) in [5, 5.41) is 2.92. The molecule has 1 aromatic rings. The van der Waals surface area contributed by atoms with E-state index in [4.69, 9.17) is 5.73 Å². The molecule has 0 bridgehead atoms. The molecular weight excluding hydrogens is 303 g/mol. The van der Waals surface area contributed by atoms with Crippen LogP contribution in [0.5, 0.6) is 0 Å².